The zero-order valence-electron chi connectivity index (χ0n) is 10.1. The van der Waals surface area contributed by atoms with Crippen LogP contribution in [-0.4, -0.2) is 11.4 Å². The van der Waals surface area contributed by atoms with Crippen LogP contribution in [0.4, 0.5) is 5.69 Å². The van der Waals surface area contributed by atoms with Crippen molar-refractivity contribution < 1.29 is 4.79 Å². The molecule has 0 spiro atoms. The summed E-state index contributed by atoms with van der Waals surface area (Å²) in [7, 11) is 0. The first-order chi connectivity index (χ1) is 7.30. The van der Waals surface area contributed by atoms with Crippen LogP contribution in [0, 0.1) is 6.92 Å². The smallest absolute Gasteiger partial charge is 0.231 e. The Morgan fingerprint density at radius 1 is 1.31 bits per heavy atom. The normalized spacial score (nSPS) is 15.6. The minimum atomic E-state index is -0.178. The lowest BCUT2D eigenvalue weighted by atomic mass is 10.0. The van der Waals surface area contributed by atoms with Gasteiger partial charge < -0.3 is 4.90 Å². The van der Waals surface area contributed by atoms with Crippen LogP contribution in [0.25, 0.3) is 0 Å². The van der Waals surface area contributed by atoms with Gasteiger partial charge >= 0.3 is 0 Å². The predicted molar refractivity (Wildman–Crippen MR) is 67.1 cm³/mol. The molecule has 0 radical (unpaired) electrons. The van der Waals surface area contributed by atoms with E-state index in [1.807, 2.05) is 44.7 Å². The van der Waals surface area contributed by atoms with E-state index in [1.54, 1.807) is 0 Å². The lowest BCUT2D eigenvalue weighted by Gasteiger charge is -2.32. The van der Waals surface area contributed by atoms with E-state index in [4.69, 9.17) is 11.6 Å². The predicted octanol–water partition coefficient (Wildman–Crippen LogP) is 3.34. The van der Waals surface area contributed by atoms with E-state index < -0.39 is 0 Å². The molecular formula is C13H16ClNO. The molecule has 0 atom stereocenters. The molecule has 0 bridgehead atoms. The van der Waals surface area contributed by atoms with E-state index >= 15 is 0 Å². The lowest BCUT2D eigenvalue weighted by Crippen LogP contribution is -2.43. The number of halogens is 1. The second-order valence-corrected chi connectivity index (χ2v) is 5.71. The minimum absolute atomic E-state index is 0.157. The summed E-state index contributed by atoms with van der Waals surface area (Å²) < 4.78 is 0. The molecule has 0 fully saturated rings. The first-order valence-electron chi connectivity index (χ1n) is 5.43. The highest BCUT2D eigenvalue weighted by molar-refractivity contribution is 6.31. The van der Waals surface area contributed by atoms with Gasteiger partial charge in [0.15, 0.2) is 0 Å². The number of benzene rings is 1. The zero-order chi connectivity index (χ0) is 12.1. The second-order valence-electron chi connectivity index (χ2n) is 5.31. The number of carbonyl (C=O) groups excluding carboxylic acids is 1. The van der Waals surface area contributed by atoms with Gasteiger partial charge in [-0.1, -0.05) is 11.6 Å². The number of carbonyl (C=O) groups is 1. The maximum atomic E-state index is 12.0. The van der Waals surface area contributed by atoms with E-state index in [0.717, 1.165) is 21.8 Å². The Balaban J connectivity index is 2.57. The van der Waals surface area contributed by atoms with Gasteiger partial charge in [0, 0.05) is 16.2 Å². The Hall–Kier alpha value is -1.02. The molecule has 1 aromatic carbocycles. The fourth-order valence-electron chi connectivity index (χ4n) is 2.17. The van der Waals surface area contributed by atoms with Crippen LogP contribution in [-0.2, 0) is 11.2 Å². The third-order valence-corrected chi connectivity index (χ3v) is 3.27. The Kier molecular flexibility index (Phi) is 2.50. The number of rotatable bonds is 0. The van der Waals surface area contributed by atoms with Gasteiger partial charge in [0.1, 0.15) is 0 Å². The molecule has 1 aliphatic heterocycles. The molecule has 1 aliphatic rings. The van der Waals surface area contributed by atoms with Crippen LogP contribution >= 0.6 is 11.6 Å². The molecule has 1 amide bonds. The van der Waals surface area contributed by atoms with Crippen LogP contribution in [0.3, 0.4) is 0 Å². The molecule has 1 heterocycles. The van der Waals surface area contributed by atoms with Crippen LogP contribution in [0.5, 0.6) is 0 Å². The van der Waals surface area contributed by atoms with E-state index in [2.05, 4.69) is 0 Å². The summed E-state index contributed by atoms with van der Waals surface area (Å²) in [5.41, 5.74) is 2.89. The molecular weight excluding hydrogens is 222 g/mol. The Labute approximate surface area is 101 Å². The van der Waals surface area contributed by atoms with Crippen molar-refractivity contribution in [1.82, 2.24) is 0 Å². The number of nitrogens with zero attached hydrogens (tertiary/aromatic N) is 1. The lowest BCUT2D eigenvalue weighted by molar-refractivity contribution is -0.118. The first-order valence-corrected chi connectivity index (χ1v) is 5.80. The molecule has 0 saturated carbocycles. The van der Waals surface area contributed by atoms with Gasteiger partial charge in [-0.05, 0) is 51.0 Å². The topological polar surface area (TPSA) is 20.3 Å². The summed E-state index contributed by atoms with van der Waals surface area (Å²) >= 11 is 6.07. The van der Waals surface area contributed by atoms with Gasteiger partial charge in [-0.3, -0.25) is 4.79 Å². The third-order valence-electron chi connectivity index (χ3n) is 2.86. The fourth-order valence-corrected chi connectivity index (χ4v) is 2.36. The van der Waals surface area contributed by atoms with Crippen molar-refractivity contribution in [1.29, 1.82) is 0 Å². The Morgan fingerprint density at radius 3 is 2.50 bits per heavy atom. The molecule has 0 aromatic heterocycles. The summed E-state index contributed by atoms with van der Waals surface area (Å²) in [6.45, 7) is 8.10. The van der Waals surface area contributed by atoms with Gasteiger partial charge in [0.2, 0.25) is 5.91 Å². The van der Waals surface area contributed by atoms with Crippen molar-refractivity contribution in [3.8, 4) is 0 Å². The molecule has 1 aromatic rings. The molecule has 0 aliphatic carbocycles. The van der Waals surface area contributed by atoms with Gasteiger partial charge in [-0.15, -0.1) is 0 Å². The molecule has 2 rings (SSSR count). The summed E-state index contributed by atoms with van der Waals surface area (Å²) in [6.07, 6.45) is 0.465. The largest absolute Gasteiger partial charge is 0.307 e. The second kappa shape index (κ2) is 3.49. The van der Waals surface area contributed by atoms with Crippen LogP contribution in [0.2, 0.25) is 5.02 Å². The standard InChI is InChI=1S/C13H16ClNO/c1-8-5-11-9(6-10(8)14)7-12(16)15(11)13(2,3)4/h5-6H,7H2,1-4H3. The van der Waals surface area contributed by atoms with Crippen molar-refractivity contribution >= 4 is 23.2 Å². The van der Waals surface area contributed by atoms with Crippen molar-refractivity contribution in [2.75, 3.05) is 4.90 Å². The van der Waals surface area contributed by atoms with Crippen LogP contribution in [0.15, 0.2) is 12.1 Å². The van der Waals surface area contributed by atoms with E-state index in [1.165, 1.54) is 0 Å². The van der Waals surface area contributed by atoms with Gasteiger partial charge in [-0.25, -0.2) is 0 Å². The van der Waals surface area contributed by atoms with Gasteiger partial charge in [0.05, 0.1) is 6.42 Å². The average molecular weight is 238 g/mol. The highest BCUT2D eigenvalue weighted by Crippen LogP contribution is 2.37. The zero-order valence-corrected chi connectivity index (χ0v) is 10.9. The molecule has 0 unspecified atom stereocenters. The number of hydrogen-bond acceptors (Lipinski definition) is 1. The number of anilines is 1. The van der Waals surface area contributed by atoms with Crippen molar-refractivity contribution in [2.24, 2.45) is 0 Å². The Morgan fingerprint density at radius 2 is 1.94 bits per heavy atom. The van der Waals surface area contributed by atoms with Crippen molar-refractivity contribution in [3.05, 3.63) is 28.3 Å². The SMILES string of the molecule is Cc1cc2c(cc1Cl)CC(=O)N2C(C)(C)C. The van der Waals surface area contributed by atoms with E-state index in [0.29, 0.717) is 6.42 Å². The number of fused-ring (bicyclic) bond motifs is 1. The maximum absolute atomic E-state index is 12.0. The Bertz CT molecular complexity index is 460. The molecule has 0 N–H and O–H groups in total. The van der Waals surface area contributed by atoms with Crippen LogP contribution < -0.4 is 4.90 Å². The molecule has 0 saturated heterocycles. The van der Waals surface area contributed by atoms with E-state index in [9.17, 15) is 4.79 Å². The maximum Gasteiger partial charge on any atom is 0.231 e. The molecule has 3 heteroatoms. The number of amides is 1. The quantitative estimate of drug-likeness (QED) is 0.678. The fraction of sp³-hybridized carbons (Fsp3) is 0.462. The molecule has 86 valence electrons. The highest BCUT2D eigenvalue weighted by Gasteiger charge is 2.35. The summed E-state index contributed by atoms with van der Waals surface area (Å²) in [6, 6.07) is 3.92. The third kappa shape index (κ3) is 1.71. The highest BCUT2D eigenvalue weighted by atomic mass is 35.5. The van der Waals surface area contributed by atoms with Crippen LogP contribution in [0.1, 0.15) is 31.9 Å². The summed E-state index contributed by atoms with van der Waals surface area (Å²) in [5, 5.41) is 0.738. The van der Waals surface area contributed by atoms with E-state index in [-0.39, 0.29) is 11.4 Å². The monoisotopic (exact) mass is 237 g/mol. The van der Waals surface area contributed by atoms with Gasteiger partial charge in [0.25, 0.3) is 0 Å². The first kappa shape index (κ1) is 11.5. The molecule has 2 nitrogen and oxygen atoms in total. The molecule has 16 heavy (non-hydrogen) atoms. The number of hydrogen-bond donors (Lipinski definition) is 0. The minimum Gasteiger partial charge on any atom is -0.307 e. The summed E-state index contributed by atoms with van der Waals surface area (Å²) in [5.74, 6) is 0.157. The van der Waals surface area contributed by atoms with Crippen molar-refractivity contribution in [3.63, 3.8) is 0 Å². The number of aryl methyl sites for hydroxylation is 1. The van der Waals surface area contributed by atoms with Gasteiger partial charge in [-0.2, -0.15) is 0 Å². The average Bonchev–Trinajstić information content (AvgIpc) is 2.40. The summed E-state index contributed by atoms with van der Waals surface area (Å²) in [4.78, 5) is 13.9. The van der Waals surface area contributed by atoms with Crippen molar-refractivity contribution in [2.45, 2.75) is 39.7 Å².